The van der Waals surface area contributed by atoms with E-state index in [9.17, 15) is 8.42 Å². The van der Waals surface area contributed by atoms with Crippen molar-refractivity contribution in [3.05, 3.63) is 30.7 Å². The molecule has 2 aromatic rings. The van der Waals surface area contributed by atoms with Crippen LogP contribution in [0.3, 0.4) is 0 Å². The van der Waals surface area contributed by atoms with E-state index in [4.69, 9.17) is 0 Å². The van der Waals surface area contributed by atoms with Crippen LogP contribution in [0.5, 0.6) is 0 Å². The second-order valence-electron chi connectivity index (χ2n) is 4.88. The van der Waals surface area contributed by atoms with E-state index in [1.165, 1.54) is 37.5 Å². The smallest absolute Gasteiger partial charge is 0.266 e. The zero-order chi connectivity index (χ0) is 14.7. The summed E-state index contributed by atoms with van der Waals surface area (Å²) in [7, 11) is -3.68. The van der Waals surface area contributed by atoms with Crippen LogP contribution >= 0.6 is 0 Å². The first-order chi connectivity index (χ1) is 10.1. The topological polar surface area (TPSA) is 102 Å². The van der Waals surface area contributed by atoms with Gasteiger partial charge in [-0.2, -0.15) is 10.2 Å². The van der Waals surface area contributed by atoms with Crippen molar-refractivity contribution in [1.29, 1.82) is 0 Å². The fourth-order valence-electron chi connectivity index (χ4n) is 1.83. The van der Waals surface area contributed by atoms with E-state index in [-0.39, 0.29) is 10.7 Å². The van der Waals surface area contributed by atoms with Crippen LogP contribution in [0.15, 0.2) is 35.6 Å². The molecule has 112 valence electrons. The normalized spacial score (nSPS) is 15.0. The highest BCUT2D eigenvalue weighted by Gasteiger charge is 2.20. The summed E-state index contributed by atoms with van der Waals surface area (Å²) in [4.78, 5) is 0.111. The van der Waals surface area contributed by atoms with Crippen LogP contribution in [0, 0.1) is 0 Å². The van der Waals surface area contributed by atoms with Gasteiger partial charge in [0.2, 0.25) is 0 Å². The molecular formula is C12H16N6O2S. The third-order valence-corrected chi connectivity index (χ3v) is 4.39. The molecule has 0 atom stereocenters. The minimum absolute atomic E-state index is 0.111. The van der Waals surface area contributed by atoms with Crippen molar-refractivity contribution in [2.24, 2.45) is 0 Å². The molecule has 0 radical (unpaired) electrons. The van der Waals surface area contributed by atoms with Gasteiger partial charge in [0, 0.05) is 25.0 Å². The molecule has 21 heavy (non-hydrogen) atoms. The van der Waals surface area contributed by atoms with Crippen LogP contribution in [0.25, 0.3) is 0 Å². The summed E-state index contributed by atoms with van der Waals surface area (Å²) in [5.41, 5.74) is 0. The molecule has 0 amide bonds. The number of hydrogen-bond donors (Lipinski definition) is 2. The lowest BCUT2D eigenvalue weighted by Crippen LogP contribution is -2.22. The fraction of sp³-hybridized carbons (Fsp3) is 0.417. The predicted octanol–water partition coefficient (Wildman–Crippen LogP) is 0.226. The minimum atomic E-state index is -3.68. The molecule has 9 heteroatoms. The van der Waals surface area contributed by atoms with Crippen molar-refractivity contribution in [1.82, 2.24) is 25.3 Å². The maximum atomic E-state index is 12.2. The summed E-state index contributed by atoms with van der Waals surface area (Å²) in [5, 5.41) is 14.7. The Balaban J connectivity index is 1.63. The molecular weight excluding hydrogens is 292 g/mol. The van der Waals surface area contributed by atoms with Gasteiger partial charge in [-0.05, 0) is 25.0 Å². The summed E-state index contributed by atoms with van der Waals surface area (Å²) in [5.74, 6) is 0.181. The van der Waals surface area contributed by atoms with Gasteiger partial charge in [0.05, 0.1) is 12.7 Å². The van der Waals surface area contributed by atoms with Gasteiger partial charge in [0.25, 0.3) is 10.0 Å². The lowest BCUT2D eigenvalue weighted by Gasteiger charge is -2.04. The molecule has 2 N–H and O–H groups in total. The predicted molar refractivity (Wildman–Crippen MR) is 76.1 cm³/mol. The van der Waals surface area contributed by atoms with Crippen molar-refractivity contribution < 1.29 is 8.42 Å². The molecule has 0 saturated heterocycles. The Morgan fingerprint density at radius 3 is 2.95 bits per heavy atom. The molecule has 0 unspecified atom stereocenters. The monoisotopic (exact) mass is 308 g/mol. The average Bonchev–Trinajstić information content (AvgIpc) is 3.15. The number of sulfonamides is 1. The van der Waals surface area contributed by atoms with E-state index in [0.717, 1.165) is 6.54 Å². The van der Waals surface area contributed by atoms with Gasteiger partial charge in [-0.15, -0.1) is 5.10 Å². The lowest BCUT2D eigenvalue weighted by atomic mass is 10.5. The van der Waals surface area contributed by atoms with Gasteiger partial charge in [0.15, 0.2) is 5.82 Å². The zero-order valence-corrected chi connectivity index (χ0v) is 12.1. The van der Waals surface area contributed by atoms with Crippen LogP contribution in [0.2, 0.25) is 0 Å². The molecule has 8 nitrogen and oxygen atoms in total. The Bertz CT molecular complexity index is 696. The summed E-state index contributed by atoms with van der Waals surface area (Å²) in [6.45, 7) is 1.42. The SMILES string of the molecule is O=S(=O)(Nc1cccnn1)c1cnn(CCNC2CC2)c1. The van der Waals surface area contributed by atoms with E-state index >= 15 is 0 Å². The largest absolute Gasteiger partial charge is 0.312 e. The van der Waals surface area contributed by atoms with E-state index in [1.54, 1.807) is 10.7 Å². The number of anilines is 1. The Morgan fingerprint density at radius 2 is 2.24 bits per heavy atom. The Morgan fingerprint density at radius 1 is 1.38 bits per heavy atom. The average molecular weight is 308 g/mol. The van der Waals surface area contributed by atoms with E-state index in [2.05, 4.69) is 25.3 Å². The van der Waals surface area contributed by atoms with E-state index in [0.29, 0.717) is 12.6 Å². The summed E-state index contributed by atoms with van der Waals surface area (Å²) >= 11 is 0. The molecule has 2 aromatic heterocycles. The molecule has 1 fully saturated rings. The number of rotatable bonds is 7. The number of nitrogens with one attached hydrogen (secondary N) is 2. The highest BCUT2D eigenvalue weighted by molar-refractivity contribution is 7.92. The number of aromatic nitrogens is 4. The van der Waals surface area contributed by atoms with Gasteiger partial charge in [-0.25, -0.2) is 8.42 Å². The van der Waals surface area contributed by atoms with Crippen LogP contribution in [-0.4, -0.2) is 41.0 Å². The van der Waals surface area contributed by atoms with E-state index < -0.39 is 10.0 Å². The molecule has 0 aliphatic heterocycles. The minimum Gasteiger partial charge on any atom is -0.312 e. The Labute approximate surface area is 122 Å². The number of nitrogens with zero attached hydrogens (tertiary/aromatic N) is 4. The molecule has 3 rings (SSSR count). The first kappa shape index (κ1) is 14.0. The zero-order valence-electron chi connectivity index (χ0n) is 11.3. The van der Waals surface area contributed by atoms with Crippen molar-refractivity contribution in [3.8, 4) is 0 Å². The number of hydrogen-bond acceptors (Lipinski definition) is 6. The van der Waals surface area contributed by atoms with Gasteiger partial charge < -0.3 is 5.32 Å². The third-order valence-electron chi connectivity index (χ3n) is 3.08. The van der Waals surface area contributed by atoms with Crippen molar-refractivity contribution in [2.45, 2.75) is 30.3 Å². The second-order valence-corrected chi connectivity index (χ2v) is 6.56. The third kappa shape index (κ3) is 3.76. The Hall–Kier alpha value is -2.00. The van der Waals surface area contributed by atoms with Gasteiger partial charge >= 0.3 is 0 Å². The van der Waals surface area contributed by atoms with Crippen LogP contribution in [-0.2, 0) is 16.6 Å². The van der Waals surface area contributed by atoms with Crippen molar-refractivity contribution >= 4 is 15.8 Å². The second kappa shape index (κ2) is 5.78. The van der Waals surface area contributed by atoms with Crippen molar-refractivity contribution in [2.75, 3.05) is 11.3 Å². The van der Waals surface area contributed by atoms with E-state index in [1.807, 2.05) is 0 Å². The summed E-state index contributed by atoms with van der Waals surface area (Å²) < 4.78 is 28.3. The summed E-state index contributed by atoms with van der Waals surface area (Å²) in [6.07, 6.45) is 6.76. The van der Waals surface area contributed by atoms with Crippen LogP contribution in [0.1, 0.15) is 12.8 Å². The maximum Gasteiger partial charge on any atom is 0.266 e. The fourth-order valence-corrected chi connectivity index (χ4v) is 2.78. The molecule has 1 aliphatic rings. The Kier molecular flexibility index (Phi) is 3.84. The molecule has 0 bridgehead atoms. The maximum absolute atomic E-state index is 12.2. The van der Waals surface area contributed by atoms with Crippen LogP contribution in [0.4, 0.5) is 5.82 Å². The first-order valence-corrected chi connectivity index (χ1v) is 8.18. The first-order valence-electron chi connectivity index (χ1n) is 6.70. The lowest BCUT2D eigenvalue weighted by molar-refractivity contribution is 0.552. The standard InChI is InChI=1S/C12H16N6O2S/c19-21(20,17-12-2-1-5-14-16-12)11-8-15-18(9-11)7-6-13-10-3-4-10/h1-2,5,8-10,13H,3-4,6-7H2,(H,16,17). The van der Waals surface area contributed by atoms with Gasteiger partial charge in [0.1, 0.15) is 4.90 Å². The summed E-state index contributed by atoms with van der Waals surface area (Å²) in [6, 6.07) is 3.77. The molecule has 1 aliphatic carbocycles. The molecule has 2 heterocycles. The van der Waals surface area contributed by atoms with Crippen LogP contribution < -0.4 is 10.0 Å². The van der Waals surface area contributed by atoms with Crippen molar-refractivity contribution in [3.63, 3.8) is 0 Å². The highest BCUT2D eigenvalue weighted by atomic mass is 32.2. The van der Waals surface area contributed by atoms with Gasteiger partial charge in [-0.1, -0.05) is 0 Å². The highest BCUT2D eigenvalue weighted by Crippen LogP contribution is 2.18. The molecule has 0 spiro atoms. The quantitative estimate of drug-likeness (QED) is 0.759. The molecule has 1 saturated carbocycles. The van der Waals surface area contributed by atoms with Gasteiger partial charge in [-0.3, -0.25) is 9.40 Å². The molecule has 0 aromatic carbocycles.